The van der Waals surface area contributed by atoms with Crippen LogP contribution in [0.15, 0.2) is 0 Å². The molecule has 1 saturated heterocycles. The summed E-state index contributed by atoms with van der Waals surface area (Å²) < 4.78 is 29.4. The van der Waals surface area contributed by atoms with Gasteiger partial charge in [-0.15, -0.1) is 0 Å². The molecule has 0 bridgehead atoms. The Labute approximate surface area is 102 Å². The minimum Gasteiger partial charge on any atom is -0.468 e. The van der Waals surface area contributed by atoms with Crippen molar-refractivity contribution < 1.29 is 23.1 Å². The molecule has 6 nitrogen and oxygen atoms in total. The Morgan fingerprint density at radius 3 is 2.47 bits per heavy atom. The molecule has 0 radical (unpaired) electrons. The van der Waals surface area contributed by atoms with Crippen molar-refractivity contribution >= 4 is 16.0 Å². The van der Waals surface area contributed by atoms with E-state index in [4.69, 9.17) is 0 Å². The summed E-state index contributed by atoms with van der Waals surface area (Å²) in [6.07, 6.45) is 1.35. The Kier molecular flexibility index (Phi) is 4.16. The molecule has 1 aliphatic rings. The van der Waals surface area contributed by atoms with Crippen LogP contribution in [-0.2, 0) is 19.6 Å². The number of methoxy groups -OCH3 is 1. The van der Waals surface area contributed by atoms with Crippen LogP contribution in [0.25, 0.3) is 0 Å². The molecule has 0 aromatic heterocycles. The number of aliphatic hydroxyl groups is 1. The van der Waals surface area contributed by atoms with Crippen LogP contribution in [0.1, 0.15) is 26.7 Å². The third-order valence-corrected chi connectivity index (χ3v) is 5.06. The van der Waals surface area contributed by atoms with Gasteiger partial charge in [0.25, 0.3) is 0 Å². The summed E-state index contributed by atoms with van der Waals surface area (Å²) in [4.78, 5) is 11.2. The van der Waals surface area contributed by atoms with Gasteiger partial charge >= 0.3 is 5.97 Å². The summed E-state index contributed by atoms with van der Waals surface area (Å²) in [6.45, 7) is 3.33. The lowest BCUT2D eigenvalue weighted by Crippen LogP contribution is -2.64. The molecule has 1 aliphatic heterocycles. The number of hydrogen-bond acceptors (Lipinski definition) is 5. The molecule has 1 unspecified atom stereocenters. The fourth-order valence-corrected chi connectivity index (χ4v) is 3.55. The molecule has 0 aliphatic carbocycles. The van der Waals surface area contributed by atoms with Crippen molar-refractivity contribution in [2.45, 2.75) is 37.5 Å². The number of ether oxygens (including phenoxy) is 1. The van der Waals surface area contributed by atoms with Gasteiger partial charge in [0.05, 0.1) is 12.7 Å². The molecular weight excluding hydrogens is 246 g/mol. The van der Waals surface area contributed by atoms with Crippen LogP contribution < -0.4 is 0 Å². The van der Waals surface area contributed by atoms with E-state index in [1.54, 1.807) is 0 Å². The lowest BCUT2D eigenvalue weighted by Gasteiger charge is -2.46. The van der Waals surface area contributed by atoms with E-state index < -0.39 is 26.8 Å². The number of rotatable bonds is 5. The van der Waals surface area contributed by atoms with E-state index in [2.05, 4.69) is 4.74 Å². The molecule has 0 aromatic carbocycles. The maximum Gasteiger partial charge on any atom is 0.325 e. The van der Waals surface area contributed by atoms with Crippen LogP contribution >= 0.6 is 0 Å². The number of β-amino-alcohol motifs (C(OH)–C–C–N with tert-alkyl or cyclic N) is 1. The molecule has 1 atom stereocenters. The molecule has 7 heteroatoms. The first-order chi connectivity index (χ1) is 7.77. The molecule has 1 N–H and O–H groups in total. The molecule has 1 fully saturated rings. The summed E-state index contributed by atoms with van der Waals surface area (Å²) in [6, 6.07) is 0. The van der Waals surface area contributed by atoms with Crippen LogP contribution in [0.4, 0.5) is 0 Å². The fourth-order valence-electron chi connectivity index (χ4n) is 1.92. The quantitative estimate of drug-likeness (QED) is 0.691. The van der Waals surface area contributed by atoms with Crippen molar-refractivity contribution in [2.24, 2.45) is 0 Å². The summed E-state index contributed by atoms with van der Waals surface area (Å²) in [5.74, 6) is -0.782. The average molecular weight is 265 g/mol. The van der Waals surface area contributed by atoms with E-state index in [9.17, 15) is 18.3 Å². The maximum absolute atomic E-state index is 11.9. The topological polar surface area (TPSA) is 83.9 Å². The number of carbonyl (C=O) groups is 1. The van der Waals surface area contributed by atoms with Gasteiger partial charge < -0.3 is 9.84 Å². The molecule has 0 saturated carbocycles. The summed E-state index contributed by atoms with van der Waals surface area (Å²) in [7, 11) is -2.55. The van der Waals surface area contributed by atoms with Crippen LogP contribution in [0, 0.1) is 0 Å². The lowest BCUT2D eigenvalue weighted by atomic mass is 9.92. The predicted molar refractivity (Wildman–Crippen MR) is 61.8 cm³/mol. The highest BCUT2D eigenvalue weighted by molar-refractivity contribution is 7.90. The van der Waals surface area contributed by atoms with E-state index in [1.807, 2.05) is 6.92 Å². The van der Waals surface area contributed by atoms with Gasteiger partial charge in [-0.1, -0.05) is 13.3 Å². The molecular formula is C10H19NO5S. The van der Waals surface area contributed by atoms with Crippen molar-refractivity contribution in [2.75, 3.05) is 20.2 Å². The maximum atomic E-state index is 11.9. The Hall–Kier alpha value is -0.660. The van der Waals surface area contributed by atoms with Crippen molar-refractivity contribution in [3.63, 3.8) is 0 Å². The Balaban J connectivity index is 2.67. The van der Waals surface area contributed by atoms with E-state index in [0.29, 0.717) is 6.42 Å². The van der Waals surface area contributed by atoms with E-state index in [-0.39, 0.29) is 13.1 Å². The molecule has 1 heterocycles. The first-order valence-electron chi connectivity index (χ1n) is 5.56. The van der Waals surface area contributed by atoms with Crippen molar-refractivity contribution in [3.8, 4) is 0 Å². The van der Waals surface area contributed by atoms with Gasteiger partial charge in [0, 0.05) is 13.1 Å². The zero-order valence-electron chi connectivity index (χ0n) is 10.3. The second-order valence-electron chi connectivity index (χ2n) is 4.45. The minimum atomic E-state index is -3.70. The first-order valence-corrected chi connectivity index (χ1v) is 7.06. The number of sulfonamides is 1. The van der Waals surface area contributed by atoms with Gasteiger partial charge in [0.1, 0.15) is 0 Å². The normalized spacial score (nSPS) is 21.6. The highest BCUT2D eigenvalue weighted by Crippen LogP contribution is 2.29. The lowest BCUT2D eigenvalue weighted by molar-refractivity contribution is -0.140. The van der Waals surface area contributed by atoms with Crippen LogP contribution in [0.5, 0.6) is 0 Å². The van der Waals surface area contributed by atoms with E-state index in [1.165, 1.54) is 6.92 Å². The van der Waals surface area contributed by atoms with Gasteiger partial charge in [-0.25, -0.2) is 8.42 Å². The standard InChI is InChI=1S/C10H19NO5S/c1-4-5-10(13)6-11(7-10)17(14,15)8(2)9(12)16-3/h8,13H,4-7H2,1-3H3. The van der Waals surface area contributed by atoms with Crippen LogP contribution in [-0.4, -0.2) is 54.8 Å². The van der Waals surface area contributed by atoms with Gasteiger partial charge in [0.15, 0.2) is 5.25 Å². The molecule has 0 amide bonds. The zero-order chi connectivity index (χ0) is 13.3. The smallest absolute Gasteiger partial charge is 0.325 e. The molecule has 17 heavy (non-hydrogen) atoms. The monoisotopic (exact) mass is 265 g/mol. The van der Waals surface area contributed by atoms with Gasteiger partial charge in [-0.05, 0) is 13.3 Å². The zero-order valence-corrected chi connectivity index (χ0v) is 11.2. The summed E-state index contributed by atoms with van der Waals surface area (Å²) >= 11 is 0. The third kappa shape index (κ3) is 2.78. The van der Waals surface area contributed by atoms with Crippen LogP contribution in [0.2, 0.25) is 0 Å². The van der Waals surface area contributed by atoms with Crippen LogP contribution in [0.3, 0.4) is 0 Å². The largest absolute Gasteiger partial charge is 0.468 e. The van der Waals surface area contributed by atoms with Gasteiger partial charge in [-0.2, -0.15) is 4.31 Å². The predicted octanol–water partition coefficient (Wildman–Crippen LogP) is -0.275. The highest BCUT2D eigenvalue weighted by Gasteiger charge is 2.49. The second kappa shape index (κ2) is 4.91. The number of nitrogens with zero attached hydrogens (tertiary/aromatic N) is 1. The Morgan fingerprint density at radius 2 is 2.06 bits per heavy atom. The highest BCUT2D eigenvalue weighted by atomic mass is 32.2. The minimum absolute atomic E-state index is 0.0600. The average Bonchev–Trinajstić information content (AvgIpc) is 2.23. The molecule has 1 rings (SSSR count). The Bertz CT molecular complexity index is 386. The Morgan fingerprint density at radius 1 is 1.53 bits per heavy atom. The second-order valence-corrected chi connectivity index (χ2v) is 6.71. The third-order valence-electron chi connectivity index (χ3n) is 3.00. The summed E-state index contributed by atoms with van der Waals surface area (Å²) in [5.41, 5.74) is -0.933. The van der Waals surface area contributed by atoms with Crippen molar-refractivity contribution in [1.29, 1.82) is 0 Å². The number of carbonyl (C=O) groups excluding carboxylic acids is 1. The number of esters is 1. The van der Waals surface area contributed by atoms with Crippen molar-refractivity contribution in [1.82, 2.24) is 4.31 Å². The van der Waals surface area contributed by atoms with E-state index >= 15 is 0 Å². The number of hydrogen-bond donors (Lipinski definition) is 1. The molecule has 100 valence electrons. The first kappa shape index (κ1) is 14.4. The SMILES string of the molecule is CCCC1(O)CN(S(=O)(=O)C(C)C(=O)OC)C1. The van der Waals surface area contributed by atoms with Gasteiger partial charge in [0.2, 0.25) is 10.0 Å². The molecule has 0 spiro atoms. The fraction of sp³-hybridized carbons (Fsp3) is 0.900. The van der Waals surface area contributed by atoms with Crippen molar-refractivity contribution in [3.05, 3.63) is 0 Å². The van der Waals surface area contributed by atoms with Gasteiger partial charge in [-0.3, -0.25) is 4.79 Å². The van der Waals surface area contributed by atoms with E-state index in [0.717, 1.165) is 17.8 Å². The molecule has 0 aromatic rings. The summed E-state index contributed by atoms with van der Waals surface area (Å²) in [5, 5.41) is 8.68.